The lowest BCUT2D eigenvalue weighted by Crippen LogP contribution is -2.37. The number of carboxylic acids is 1. The first-order valence-corrected chi connectivity index (χ1v) is 9.03. The van der Waals surface area contributed by atoms with Gasteiger partial charge in [0.25, 0.3) is 0 Å². The maximum Gasteiger partial charge on any atom is 0.328 e. The monoisotopic (exact) mass is 354 g/mol. The van der Waals surface area contributed by atoms with Crippen LogP contribution in [0.25, 0.3) is 6.08 Å². The van der Waals surface area contributed by atoms with Gasteiger partial charge in [0, 0.05) is 28.5 Å². The van der Waals surface area contributed by atoms with Gasteiger partial charge in [0.05, 0.1) is 11.4 Å². The van der Waals surface area contributed by atoms with Crippen molar-refractivity contribution in [1.29, 1.82) is 0 Å². The number of fused-ring (bicyclic) bond motifs is 2. The molecule has 2 aromatic rings. The summed E-state index contributed by atoms with van der Waals surface area (Å²) in [6.45, 7) is 3.11. The van der Waals surface area contributed by atoms with Gasteiger partial charge in [-0.1, -0.05) is 30.0 Å². The van der Waals surface area contributed by atoms with Crippen LogP contribution in [0.1, 0.15) is 12.5 Å². The fourth-order valence-corrected chi connectivity index (χ4v) is 3.89. The molecule has 0 fully saturated rings. The lowest BCUT2D eigenvalue weighted by molar-refractivity contribution is -0.131. The first-order valence-electron chi connectivity index (χ1n) is 8.21. The first-order chi connectivity index (χ1) is 12.0. The van der Waals surface area contributed by atoms with Crippen molar-refractivity contribution in [3.05, 3.63) is 54.1 Å². The Hall–Kier alpha value is -2.24. The summed E-state index contributed by atoms with van der Waals surface area (Å²) < 4.78 is 0. The molecule has 1 aliphatic rings. The van der Waals surface area contributed by atoms with Crippen LogP contribution in [0.2, 0.25) is 0 Å². The molecular formula is C20H22N2O2S. The maximum atomic E-state index is 10.8. The fourth-order valence-electron chi connectivity index (χ4n) is 2.75. The molecule has 0 saturated carbocycles. The molecule has 1 aliphatic heterocycles. The number of rotatable bonds is 5. The van der Waals surface area contributed by atoms with Crippen molar-refractivity contribution in [3.8, 4) is 0 Å². The Labute approximate surface area is 152 Å². The number of likely N-dealkylation sites (N-methyl/N-ethyl adjacent to an activating group) is 1. The highest BCUT2D eigenvalue weighted by Gasteiger charge is 2.25. The van der Waals surface area contributed by atoms with Crippen LogP contribution in [-0.2, 0) is 4.79 Å². The molecule has 4 nitrogen and oxygen atoms in total. The van der Waals surface area contributed by atoms with Gasteiger partial charge in [0.15, 0.2) is 0 Å². The van der Waals surface area contributed by atoms with Gasteiger partial charge in [0.2, 0.25) is 0 Å². The molecule has 1 heterocycles. The van der Waals surface area contributed by atoms with E-state index in [2.05, 4.69) is 67.2 Å². The smallest absolute Gasteiger partial charge is 0.328 e. The van der Waals surface area contributed by atoms with Gasteiger partial charge >= 0.3 is 5.97 Å². The number of benzene rings is 2. The molecule has 0 saturated heterocycles. The zero-order valence-electron chi connectivity index (χ0n) is 14.6. The summed E-state index contributed by atoms with van der Waals surface area (Å²) in [5, 5.41) is 8.83. The molecule has 0 bridgehead atoms. The predicted molar refractivity (Wildman–Crippen MR) is 104 cm³/mol. The summed E-state index contributed by atoms with van der Waals surface area (Å²) in [7, 11) is 4.19. The topological polar surface area (TPSA) is 43.8 Å². The van der Waals surface area contributed by atoms with Crippen LogP contribution in [0.5, 0.6) is 0 Å². The van der Waals surface area contributed by atoms with E-state index in [1.165, 1.54) is 22.3 Å². The molecular weight excluding hydrogens is 332 g/mol. The van der Waals surface area contributed by atoms with E-state index in [0.717, 1.165) is 17.0 Å². The Morgan fingerprint density at radius 3 is 2.64 bits per heavy atom. The van der Waals surface area contributed by atoms with Crippen molar-refractivity contribution < 1.29 is 9.90 Å². The van der Waals surface area contributed by atoms with Crippen LogP contribution in [0.15, 0.2) is 58.3 Å². The zero-order chi connectivity index (χ0) is 18.0. The van der Waals surface area contributed by atoms with Crippen LogP contribution in [0.4, 0.5) is 11.4 Å². The van der Waals surface area contributed by atoms with E-state index in [-0.39, 0.29) is 0 Å². The van der Waals surface area contributed by atoms with Crippen LogP contribution in [-0.4, -0.2) is 42.7 Å². The zero-order valence-corrected chi connectivity index (χ0v) is 15.5. The Kier molecular flexibility index (Phi) is 5.16. The van der Waals surface area contributed by atoms with Gasteiger partial charge in [0.1, 0.15) is 0 Å². The molecule has 3 rings (SSSR count). The van der Waals surface area contributed by atoms with Crippen LogP contribution in [0, 0.1) is 0 Å². The van der Waals surface area contributed by atoms with Gasteiger partial charge in [-0.05, 0) is 56.9 Å². The quantitative estimate of drug-likeness (QED) is 0.809. The molecule has 1 atom stereocenters. The van der Waals surface area contributed by atoms with E-state index in [0.29, 0.717) is 6.04 Å². The van der Waals surface area contributed by atoms with E-state index >= 15 is 0 Å². The van der Waals surface area contributed by atoms with E-state index in [1.54, 1.807) is 17.8 Å². The van der Waals surface area contributed by atoms with Crippen molar-refractivity contribution in [3.63, 3.8) is 0 Å². The van der Waals surface area contributed by atoms with Crippen molar-refractivity contribution in [2.24, 2.45) is 0 Å². The van der Waals surface area contributed by atoms with Crippen molar-refractivity contribution in [2.45, 2.75) is 22.8 Å². The predicted octanol–water partition coefficient (Wildman–Crippen LogP) is 4.34. The number of hydrogen-bond donors (Lipinski definition) is 1. The molecule has 0 aliphatic carbocycles. The highest BCUT2D eigenvalue weighted by Crippen LogP contribution is 2.48. The van der Waals surface area contributed by atoms with E-state index < -0.39 is 5.97 Å². The minimum atomic E-state index is -0.933. The summed E-state index contributed by atoms with van der Waals surface area (Å²) in [6, 6.07) is 14.9. The Morgan fingerprint density at radius 1 is 1.20 bits per heavy atom. The van der Waals surface area contributed by atoms with Crippen molar-refractivity contribution in [1.82, 2.24) is 4.90 Å². The molecule has 130 valence electrons. The molecule has 0 spiro atoms. The fraction of sp³-hybridized carbons (Fsp3) is 0.250. The summed E-state index contributed by atoms with van der Waals surface area (Å²) >= 11 is 1.73. The number of carbonyl (C=O) groups is 1. The maximum absolute atomic E-state index is 10.8. The summed E-state index contributed by atoms with van der Waals surface area (Å²) in [6.07, 6.45) is 2.81. The Balaban J connectivity index is 2.00. The second-order valence-corrected chi connectivity index (χ2v) is 7.48. The molecule has 1 N–H and O–H groups in total. The lowest BCUT2D eigenvalue weighted by atomic mass is 10.1. The third-order valence-corrected chi connectivity index (χ3v) is 5.51. The third kappa shape index (κ3) is 3.89. The van der Waals surface area contributed by atoms with Crippen molar-refractivity contribution in [2.75, 3.05) is 25.5 Å². The average Bonchev–Trinajstić information content (AvgIpc) is 2.59. The van der Waals surface area contributed by atoms with E-state index in [4.69, 9.17) is 5.11 Å². The normalized spacial score (nSPS) is 14.5. The largest absolute Gasteiger partial charge is 0.478 e. The summed E-state index contributed by atoms with van der Waals surface area (Å²) in [5.74, 6) is -0.933. The van der Waals surface area contributed by atoms with Crippen molar-refractivity contribution >= 4 is 35.2 Å². The number of para-hydroxylation sites is 1. The molecule has 0 aromatic heterocycles. The van der Waals surface area contributed by atoms with Gasteiger partial charge in [-0.2, -0.15) is 0 Å². The van der Waals surface area contributed by atoms with Gasteiger partial charge in [-0.15, -0.1) is 0 Å². The van der Waals surface area contributed by atoms with Crippen LogP contribution >= 0.6 is 11.8 Å². The first kappa shape index (κ1) is 17.6. The van der Waals surface area contributed by atoms with Gasteiger partial charge < -0.3 is 14.9 Å². The number of nitrogens with zero attached hydrogens (tertiary/aromatic N) is 2. The number of aliphatic carboxylic acids is 1. The number of anilines is 2. The molecule has 0 radical (unpaired) electrons. The summed E-state index contributed by atoms with van der Waals surface area (Å²) in [4.78, 5) is 17.7. The van der Waals surface area contributed by atoms with Crippen LogP contribution in [0.3, 0.4) is 0 Å². The number of carboxylic acid groups (broad SMARTS) is 1. The SMILES string of the molecule is CC(CN1c2ccccc2Sc2cc(/C=C/C(=O)O)ccc21)N(C)C. The minimum absolute atomic E-state index is 0.399. The summed E-state index contributed by atoms with van der Waals surface area (Å²) in [5.41, 5.74) is 3.29. The second-order valence-electron chi connectivity index (χ2n) is 6.39. The average molecular weight is 354 g/mol. The molecule has 1 unspecified atom stereocenters. The highest BCUT2D eigenvalue weighted by molar-refractivity contribution is 7.99. The molecule has 25 heavy (non-hydrogen) atoms. The minimum Gasteiger partial charge on any atom is -0.478 e. The Morgan fingerprint density at radius 2 is 1.92 bits per heavy atom. The second kappa shape index (κ2) is 7.33. The molecule has 5 heteroatoms. The highest BCUT2D eigenvalue weighted by atomic mass is 32.2. The third-order valence-electron chi connectivity index (χ3n) is 4.40. The standard InChI is InChI=1S/C20H22N2O2S/c1-14(21(2)3)13-22-16-6-4-5-7-18(16)25-19-12-15(8-10-17(19)22)9-11-20(23)24/h4-12,14H,13H2,1-3H3,(H,23,24)/b11-9+. The van der Waals surface area contributed by atoms with Crippen LogP contribution < -0.4 is 4.90 Å². The Bertz CT molecular complexity index is 817. The van der Waals surface area contributed by atoms with E-state index in [1.807, 2.05) is 6.07 Å². The number of hydrogen-bond acceptors (Lipinski definition) is 4. The molecule has 2 aromatic carbocycles. The van der Waals surface area contributed by atoms with Gasteiger partial charge in [-0.3, -0.25) is 0 Å². The lowest BCUT2D eigenvalue weighted by Gasteiger charge is -2.36. The van der Waals surface area contributed by atoms with E-state index in [9.17, 15) is 4.79 Å². The molecule has 0 amide bonds. The van der Waals surface area contributed by atoms with Gasteiger partial charge in [-0.25, -0.2) is 4.79 Å².